The number of nitrogen functional groups attached to an aromatic ring is 1. The van der Waals surface area contributed by atoms with Crippen molar-refractivity contribution in [2.45, 2.75) is 10.1 Å². The van der Waals surface area contributed by atoms with E-state index in [-0.39, 0.29) is 17.7 Å². The summed E-state index contributed by atoms with van der Waals surface area (Å²) in [5.74, 6) is 0.0579. The van der Waals surface area contributed by atoms with Gasteiger partial charge in [0.25, 0.3) is 5.95 Å². The second-order valence-corrected chi connectivity index (χ2v) is 4.71. The molecule has 2 N–H and O–H groups in total. The highest BCUT2D eigenvalue weighted by Crippen LogP contribution is 2.25. The van der Waals surface area contributed by atoms with Gasteiger partial charge in [-0.05, 0) is 36.0 Å². The first-order valence-electron chi connectivity index (χ1n) is 5.51. The summed E-state index contributed by atoms with van der Waals surface area (Å²) >= 11 is 1.25. The summed E-state index contributed by atoms with van der Waals surface area (Å²) in [7, 11) is 0. The quantitative estimate of drug-likeness (QED) is 0.777. The van der Waals surface area contributed by atoms with Crippen LogP contribution in [-0.4, -0.2) is 29.7 Å². The summed E-state index contributed by atoms with van der Waals surface area (Å²) in [5.41, 5.74) is 5.65. The van der Waals surface area contributed by atoms with Gasteiger partial charge in [0.15, 0.2) is 5.16 Å². The minimum Gasteiger partial charge on any atom is -0.368 e. The lowest BCUT2D eigenvalue weighted by Gasteiger charge is -2.04. The predicted octanol–water partition coefficient (Wildman–Crippen LogP) is 1.32. The van der Waals surface area contributed by atoms with Gasteiger partial charge in [0.05, 0.1) is 0 Å². The van der Waals surface area contributed by atoms with Crippen LogP contribution in [0.5, 0.6) is 0 Å². The Hall–Kier alpha value is -2.55. The van der Waals surface area contributed by atoms with Gasteiger partial charge in [-0.1, -0.05) is 0 Å². The van der Waals surface area contributed by atoms with Crippen molar-refractivity contribution in [2.75, 3.05) is 5.73 Å². The summed E-state index contributed by atoms with van der Waals surface area (Å²) in [6.07, 6.45) is 2.83. The van der Waals surface area contributed by atoms with E-state index in [1.165, 1.54) is 41.2 Å². The van der Waals surface area contributed by atoms with E-state index in [1.807, 2.05) is 0 Å². The van der Waals surface area contributed by atoms with E-state index in [2.05, 4.69) is 25.0 Å². The third kappa shape index (κ3) is 2.72. The number of hydrogen-bond donors (Lipinski definition) is 1. The molecule has 0 saturated heterocycles. The van der Waals surface area contributed by atoms with E-state index in [4.69, 9.17) is 5.73 Å². The molecule has 0 aliphatic rings. The number of nitrogens with zero attached hydrogens (tertiary/aromatic N) is 6. The summed E-state index contributed by atoms with van der Waals surface area (Å²) in [6.45, 7) is 0. The van der Waals surface area contributed by atoms with E-state index in [1.54, 1.807) is 12.1 Å². The summed E-state index contributed by atoms with van der Waals surface area (Å²) in [6, 6.07) is 6.00. The zero-order valence-corrected chi connectivity index (χ0v) is 10.8. The Balaban J connectivity index is 1.92. The number of aromatic nitrogens is 6. The summed E-state index contributed by atoms with van der Waals surface area (Å²) in [4.78, 5) is 16.8. The molecule has 9 heteroatoms. The molecule has 2 aromatic heterocycles. The molecule has 0 bridgehead atoms. The molecule has 100 valence electrons. The molecule has 0 fully saturated rings. The van der Waals surface area contributed by atoms with Crippen LogP contribution in [0.15, 0.2) is 47.0 Å². The standard InChI is InChI=1S/C11H8FN7S/c12-7-1-3-8(4-2-7)20-11-17-9(13)16-10(18-11)19-6-14-5-15-19/h1-6H,(H2,13,16,17,18). The average Bonchev–Trinajstić information content (AvgIpc) is 2.95. The van der Waals surface area contributed by atoms with Crippen molar-refractivity contribution in [1.82, 2.24) is 29.7 Å². The molecule has 1 aromatic carbocycles. The Morgan fingerprint density at radius 1 is 1.10 bits per heavy atom. The lowest BCUT2D eigenvalue weighted by Crippen LogP contribution is -2.07. The molecule has 0 aliphatic carbocycles. The predicted molar refractivity (Wildman–Crippen MR) is 69.7 cm³/mol. The van der Waals surface area contributed by atoms with Crippen molar-refractivity contribution >= 4 is 17.7 Å². The van der Waals surface area contributed by atoms with Crippen molar-refractivity contribution in [3.8, 4) is 5.95 Å². The summed E-state index contributed by atoms with van der Waals surface area (Å²) in [5, 5.41) is 4.32. The molecule has 2 heterocycles. The second-order valence-electron chi connectivity index (χ2n) is 3.67. The van der Waals surface area contributed by atoms with Crippen LogP contribution in [0.3, 0.4) is 0 Å². The number of anilines is 1. The Morgan fingerprint density at radius 2 is 1.90 bits per heavy atom. The molecule has 0 atom stereocenters. The maximum atomic E-state index is 12.9. The molecular formula is C11H8FN7S. The Bertz CT molecular complexity index is 714. The van der Waals surface area contributed by atoms with Gasteiger partial charge in [-0.3, -0.25) is 0 Å². The Kier molecular flexibility index (Phi) is 3.25. The van der Waals surface area contributed by atoms with Crippen LogP contribution >= 0.6 is 11.8 Å². The van der Waals surface area contributed by atoms with E-state index in [0.717, 1.165) is 4.90 Å². The molecule has 0 saturated carbocycles. The Morgan fingerprint density at radius 3 is 2.60 bits per heavy atom. The van der Waals surface area contributed by atoms with Crippen molar-refractivity contribution in [3.05, 3.63) is 42.7 Å². The number of nitrogens with two attached hydrogens (primary N) is 1. The number of halogens is 1. The number of hydrogen-bond acceptors (Lipinski definition) is 7. The van der Waals surface area contributed by atoms with Crippen molar-refractivity contribution in [2.24, 2.45) is 0 Å². The zero-order valence-electron chi connectivity index (χ0n) is 10.0. The first-order chi connectivity index (χ1) is 9.70. The fraction of sp³-hybridized carbons (Fsp3) is 0. The molecule has 0 spiro atoms. The van der Waals surface area contributed by atoms with Crippen LogP contribution in [0.1, 0.15) is 0 Å². The van der Waals surface area contributed by atoms with E-state index in [0.29, 0.717) is 5.16 Å². The molecule has 0 radical (unpaired) electrons. The maximum absolute atomic E-state index is 12.9. The van der Waals surface area contributed by atoms with Crippen molar-refractivity contribution in [3.63, 3.8) is 0 Å². The van der Waals surface area contributed by atoms with E-state index in [9.17, 15) is 4.39 Å². The molecular weight excluding hydrogens is 281 g/mol. The van der Waals surface area contributed by atoms with Crippen LogP contribution in [0.25, 0.3) is 5.95 Å². The van der Waals surface area contributed by atoms with Gasteiger partial charge in [-0.25, -0.2) is 9.37 Å². The first-order valence-corrected chi connectivity index (χ1v) is 6.32. The van der Waals surface area contributed by atoms with Gasteiger partial charge >= 0.3 is 0 Å². The molecule has 0 aliphatic heterocycles. The lowest BCUT2D eigenvalue weighted by atomic mass is 10.4. The van der Waals surface area contributed by atoms with E-state index < -0.39 is 0 Å². The smallest absolute Gasteiger partial charge is 0.257 e. The molecule has 3 aromatic rings. The lowest BCUT2D eigenvalue weighted by molar-refractivity contribution is 0.626. The largest absolute Gasteiger partial charge is 0.368 e. The van der Waals surface area contributed by atoms with Crippen LogP contribution in [0.2, 0.25) is 0 Å². The minimum absolute atomic E-state index is 0.0788. The van der Waals surface area contributed by atoms with Crippen molar-refractivity contribution in [1.29, 1.82) is 0 Å². The Labute approximate surface area is 117 Å². The second kappa shape index (κ2) is 5.21. The normalized spacial score (nSPS) is 10.7. The van der Waals surface area contributed by atoms with Gasteiger partial charge in [0.2, 0.25) is 5.95 Å². The zero-order chi connectivity index (χ0) is 13.9. The third-order valence-corrected chi connectivity index (χ3v) is 3.14. The van der Waals surface area contributed by atoms with Gasteiger partial charge in [0.1, 0.15) is 18.5 Å². The van der Waals surface area contributed by atoms with Gasteiger partial charge < -0.3 is 5.73 Å². The maximum Gasteiger partial charge on any atom is 0.257 e. The molecule has 0 unspecified atom stereocenters. The highest BCUT2D eigenvalue weighted by Gasteiger charge is 2.08. The SMILES string of the molecule is Nc1nc(Sc2ccc(F)cc2)nc(-n2cncn2)n1. The molecule has 0 amide bonds. The van der Waals surface area contributed by atoms with E-state index >= 15 is 0 Å². The first kappa shape index (κ1) is 12.5. The monoisotopic (exact) mass is 289 g/mol. The minimum atomic E-state index is -0.298. The number of rotatable bonds is 3. The fourth-order valence-corrected chi connectivity index (χ4v) is 2.18. The molecule has 20 heavy (non-hydrogen) atoms. The third-order valence-electron chi connectivity index (χ3n) is 2.27. The van der Waals surface area contributed by atoms with Gasteiger partial charge in [-0.15, -0.1) is 0 Å². The van der Waals surface area contributed by atoms with Crippen LogP contribution in [0.4, 0.5) is 10.3 Å². The van der Waals surface area contributed by atoms with Crippen LogP contribution in [0, 0.1) is 5.82 Å². The number of benzene rings is 1. The van der Waals surface area contributed by atoms with Crippen LogP contribution < -0.4 is 5.73 Å². The molecule has 3 rings (SSSR count). The fourth-order valence-electron chi connectivity index (χ4n) is 1.43. The van der Waals surface area contributed by atoms with Gasteiger partial charge in [-0.2, -0.15) is 24.7 Å². The highest BCUT2D eigenvalue weighted by atomic mass is 32.2. The van der Waals surface area contributed by atoms with Crippen LogP contribution in [-0.2, 0) is 0 Å². The van der Waals surface area contributed by atoms with Crippen molar-refractivity contribution < 1.29 is 4.39 Å². The highest BCUT2D eigenvalue weighted by molar-refractivity contribution is 7.99. The summed E-state index contributed by atoms with van der Waals surface area (Å²) < 4.78 is 14.2. The topological polar surface area (TPSA) is 95.4 Å². The average molecular weight is 289 g/mol. The van der Waals surface area contributed by atoms with Gasteiger partial charge in [0, 0.05) is 4.90 Å². The molecule has 7 nitrogen and oxygen atoms in total.